The van der Waals surface area contributed by atoms with Crippen molar-refractivity contribution in [2.24, 2.45) is 0 Å². The summed E-state index contributed by atoms with van der Waals surface area (Å²) in [5.74, 6) is -0.287. The fraction of sp³-hybridized carbons (Fsp3) is 0.429. The van der Waals surface area contributed by atoms with Crippen LogP contribution in [-0.4, -0.2) is 16.1 Å². The molecule has 0 aliphatic heterocycles. The Balaban J connectivity index is 2.08. The van der Waals surface area contributed by atoms with Crippen molar-refractivity contribution in [3.8, 4) is 0 Å². The lowest BCUT2D eigenvalue weighted by Crippen LogP contribution is -2.26. The third kappa shape index (κ3) is 3.44. The minimum Gasteiger partial charge on any atom is -0.460 e. The molecular weight excluding hydrogens is 262 g/mol. The Labute approximate surface area is 115 Å². The Morgan fingerprint density at radius 3 is 2.79 bits per heavy atom. The Hall–Kier alpha value is -1.62. The summed E-state index contributed by atoms with van der Waals surface area (Å²) in [4.78, 5) is 23.7. The molecule has 4 nitrogen and oxygen atoms in total. The fourth-order valence-electron chi connectivity index (χ4n) is 1.79. The molecule has 0 saturated heterocycles. The highest BCUT2D eigenvalue weighted by Gasteiger charge is 2.16. The molecule has 0 bridgehead atoms. The first-order chi connectivity index (χ1) is 8.87. The van der Waals surface area contributed by atoms with Gasteiger partial charge in [-0.3, -0.25) is 9.59 Å². The third-order valence-electron chi connectivity index (χ3n) is 2.57. The maximum Gasteiger partial charge on any atom is 0.308 e. The number of hydrogen-bond donors (Lipinski definition) is 0. The minimum atomic E-state index is -0.487. The predicted molar refractivity (Wildman–Crippen MR) is 76.5 cm³/mol. The van der Waals surface area contributed by atoms with Gasteiger partial charge in [0.25, 0.3) is 5.56 Å². The normalized spacial score (nSPS) is 11.7. The van der Waals surface area contributed by atoms with E-state index >= 15 is 0 Å². The number of rotatable bonds is 3. The summed E-state index contributed by atoms with van der Waals surface area (Å²) in [5.41, 5.74) is -0.540. The van der Waals surface area contributed by atoms with E-state index in [1.165, 1.54) is 11.3 Å². The SMILES string of the molecule is CC(C)(C)OC(=O)CCn1ccc2sccc2c1=O. The van der Waals surface area contributed by atoms with Gasteiger partial charge in [-0.05, 0) is 38.3 Å². The Bertz CT molecular complexity index is 648. The van der Waals surface area contributed by atoms with E-state index in [0.717, 1.165) is 4.70 Å². The second kappa shape index (κ2) is 5.17. The molecule has 0 aliphatic rings. The predicted octanol–water partition coefficient (Wildman–Crippen LogP) is 2.79. The van der Waals surface area contributed by atoms with Crippen LogP contribution >= 0.6 is 11.3 Å². The highest BCUT2D eigenvalue weighted by atomic mass is 32.1. The molecule has 0 atom stereocenters. The number of aryl methyl sites for hydroxylation is 1. The quantitative estimate of drug-likeness (QED) is 0.812. The van der Waals surface area contributed by atoms with Crippen molar-refractivity contribution in [1.82, 2.24) is 4.57 Å². The standard InChI is InChI=1S/C14H17NO3S/c1-14(2,3)18-12(16)5-8-15-7-4-11-10(13(15)17)6-9-19-11/h4,6-7,9H,5,8H2,1-3H3. The van der Waals surface area contributed by atoms with Crippen molar-refractivity contribution in [2.45, 2.75) is 39.3 Å². The highest BCUT2D eigenvalue weighted by molar-refractivity contribution is 7.17. The molecule has 0 amide bonds. The molecule has 102 valence electrons. The van der Waals surface area contributed by atoms with Crippen molar-refractivity contribution >= 4 is 27.4 Å². The van der Waals surface area contributed by atoms with Crippen LogP contribution in [0.2, 0.25) is 0 Å². The maximum absolute atomic E-state index is 12.1. The molecule has 0 aromatic carbocycles. The van der Waals surface area contributed by atoms with Crippen LogP contribution in [0.15, 0.2) is 28.5 Å². The maximum atomic E-state index is 12.1. The zero-order valence-electron chi connectivity index (χ0n) is 11.3. The van der Waals surface area contributed by atoms with Crippen molar-refractivity contribution in [3.05, 3.63) is 34.1 Å². The summed E-state index contributed by atoms with van der Waals surface area (Å²) < 4.78 is 7.74. The minimum absolute atomic E-state index is 0.0534. The molecule has 0 N–H and O–H groups in total. The highest BCUT2D eigenvalue weighted by Crippen LogP contribution is 2.16. The van der Waals surface area contributed by atoms with E-state index in [-0.39, 0.29) is 17.9 Å². The van der Waals surface area contributed by atoms with Crippen LogP contribution in [0.25, 0.3) is 10.1 Å². The molecule has 2 aromatic heterocycles. The number of pyridine rings is 1. The summed E-state index contributed by atoms with van der Waals surface area (Å²) in [6.45, 7) is 5.83. The van der Waals surface area contributed by atoms with Gasteiger partial charge >= 0.3 is 5.97 Å². The molecule has 2 rings (SSSR count). The summed E-state index contributed by atoms with van der Waals surface area (Å²) in [6, 6.07) is 3.71. The lowest BCUT2D eigenvalue weighted by molar-refractivity contribution is -0.155. The molecule has 19 heavy (non-hydrogen) atoms. The Morgan fingerprint density at radius 1 is 1.37 bits per heavy atom. The van der Waals surface area contributed by atoms with Crippen LogP contribution < -0.4 is 5.56 Å². The number of carbonyl (C=O) groups is 1. The monoisotopic (exact) mass is 279 g/mol. The van der Waals surface area contributed by atoms with Crippen LogP contribution in [0.4, 0.5) is 0 Å². The lowest BCUT2D eigenvalue weighted by Gasteiger charge is -2.19. The summed E-state index contributed by atoms with van der Waals surface area (Å²) in [6.07, 6.45) is 1.93. The number of esters is 1. The molecule has 0 radical (unpaired) electrons. The Morgan fingerprint density at radius 2 is 2.11 bits per heavy atom. The van der Waals surface area contributed by atoms with Gasteiger partial charge in [-0.25, -0.2) is 0 Å². The van der Waals surface area contributed by atoms with Gasteiger partial charge in [-0.1, -0.05) is 0 Å². The van der Waals surface area contributed by atoms with Crippen molar-refractivity contribution in [2.75, 3.05) is 0 Å². The number of aromatic nitrogens is 1. The van der Waals surface area contributed by atoms with Crippen LogP contribution in [0, 0.1) is 0 Å². The van der Waals surface area contributed by atoms with Gasteiger partial charge in [-0.15, -0.1) is 11.3 Å². The zero-order chi connectivity index (χ0) is 14.0. The molecule has 0 unspecified atom stereocenters. The van der Waals surface area contributed by atoms with Crippen molar-refractivity contribution < 1.29 is 9.53 Å². The van der Waals surface area contributed by atoms with Crippen LogP contribution in [0.1, 0.15) is 27.2 Å². The summed E-state index contributed by atoms with van der Waals surface area (Å²) in [7, 11) is 0. The van der Waals surface area contributed by atoms with Gasteiger partial charge < -0.3 is 9.30 Å². The van der Waals surface area contributed by atoms with Gasteiger partial charge in [0.1, 0.15) is 5.60 Å². The molecule has 2 aromatic rings. The number of hydrogen-bond acceptors (Lipinski definition) is 4. The number of thiophene rings is 1. The van der Waals surface area contributed by atoms with Crippen LogP contribution in [0.5, 0.6) is 0 Å². The molecule has 0 spiro atoms. The van der Waals surface area contributed by atoms with E-state index in [1.54, 1.807) is 10.8 Å². The molecule has 0 saturated carbocycles. The summed E-state index contributed by atoms with van der Waals surface area (Å²) in [5, 5.41) is 2.60. The second-order valence-electron chi connectivity index (χ2n) is 5.35. The molecule has 0 fully saturated rings. The van der Waals surface area contributed by atoms with Crippen LogP contribution in [-0.2, 0) is 16.1 Å². The zero-order valence-corrected chi connectivity index (χ0v) is 12.1. The van der Waals surface area contributed by atoms with Crippen LogP contribution in [0.3, 0.4) is 0 Å². The molecule has 2 heterocycles. The Kier molecular flexibility index (Phi) is 3.75. The fourth-order valence-corrected chi connectivity index (χ4v) is 2.56. The number of fused-ring (bicyclic) bond motifs is 1. The average Bonchev–Trinajstić information content (AvgIpc) is 2.74. The van der Waals surface area contributed by atoms with E-state index in [1.807, 2.05) is 38.3 Å². The van der Waals surface area contributed by atoms with E-state index in [2.05, 4.69) is 0 Å². The van der Waals surface area contributed by atoms with E-state index in [9.17, 15) is 9.59 Å². The average molecular weight is 279 g/mol. The van der Waals surface area contributed by atoms with E-state index in [4.69, 9.17) is 4.74 Å². The molecule has 0 aliphatic carbocycles. The van der Waals surface area contributed by atoms with Gasteiger partial charge in [0.15, 0.2) is 0 Å². The second-order valence-corrected chi connectivity index (χ2v) is 6.30. The first-order valence-electron chi connectivity index (χ1n) is 6.15. The number of ether oxygens (including phenoxy) is 1. The lowest BCUT2D eigenvalue weighted by atomic mass is 10.2. The number of nitrogens with zero attached hydrogens (tertiary/aromatic N) is 1. The molecular formula is C14H17NO3S. The van der Waals surface area contributed by atoms with Gasteiger partial charge in [-0.2, -0.15) is 0 Å². The molecule has 5 heteroatoms. The van der Waals surface area contributed by atoms with E-state index in [0.29, 0.717) is 11.9 Å². The van der Waals surface area contributed by atoms with Gasteiger partial charge in [0.2, 0.25) is 0 Å². The van der Waals surface area contributed by atoms with Crippen molar-refractivity contribution in [1.29, 1.82) is 0 Å². The summed E-state index contributed by atoms with van der Waals surface area (Å²) >= 11 is 1.54. The largest absolute Gasteiger partial charge is 0.460 e. The first-order valence-corrected chi connectivity index (χ1v) is 7.03. The third-order valence-corrected chi connectivity index (χ3v) is 3.45. The van der Waals surface area contributed by atoms with Crippen molar-refractivity contribution in [3.63, 3.8) is 0 Å². The van der Waals surface area contributed by atoms with Gasteiger partial charge in [0, 0.05) is 17.4 Å². The van der Waals surface area contributed by atoms with E-state index < -0.39 is 5.60 Å². The smallest absolute Gasteiger partial charge is 0.308 e. The number of carbonyl (C=O) groups excluding carboxylic acids is 1. The van der Waals surface area contributed by atoms with Gasteiger partial charge in [0.05, 0.1) is 11.8 Å². The topological polar surface area (TPSA) is 48.3 Å². The first kappa shape index (κ1) is 13.8.